The van der Waals surface area contributed by atoms with Gasteiger partial charge >= 0.3 is 5.97 Å². The molecule has 0 spiro atoms. The highest BCUT2D eigenvalue weighted by Gasteiger charge is 2.48. The topological polar surface area (TPSA) is 80.8 Å². The van der Waals surface area contributed by atoms with Gasteiger partial charge in [-0.05, 0) is 49.2 Å². The van der Waals surface area contributed by atoms with Gasteiger partial charge in [-0.1, -0.05) is 40.9 Å². The zero-order chi connectivity index (χ0) is 21.3. The van der Waals surface area contributed by atoms with Crippen molar-refractivity contribution in [3.05, 3.63) is 64.1 Å². The van der Waals surface area contributed by atoms with Crippen molar-refractivity contribution < 1.29 is 23.9 Å². The number of ketones is 1. The zero-order valence-electron chi connectivity index (χ0n) is 16.2. The van der Waals surface area contributed by atoms with Crippen molar-refractivity contribution in [1.82, 2.24) is 0 Å². The molecule has 2 amide bonds. The number of nitrogens with zero attached hydrogens (tertiary/aromatic N) is 1. The standard InChI is InChI=1S/C23H20BrNO5/c24-16-9-5-14(6-10-16)20(26)13-30-23(29)15-7-11-17(12-8-15)25-21(27)18-3-1-2-4-19(18)22(25)28/h5-12,18-19H,1-4,13H2/t18-,19-/m0/s1. The van der Waals surface area contributed by atoms with Crippen molar-refractivity contribution >= 4 is 45.2 Å². The number of anilines is 1. The number of hydrogen-bond donors (Lipinski definition) is 0. The SMILES string of the molecule is O=C(COC(=O)c1ccc(N2C(=O)[C@H]3CCCC[C@@H]3C2=O)cc1)c1ccc(Br)cc1. The lowest BCUT2D eigenvalue weighted by Gasteiger charge is -2.19. The average molecular weight is 470 g/mol. The monoisotopic (exact) mass is 469 g/mol. The van der Waals surface area contributed by atoms with Crippen LogP contribution in [0.3, 0.4) is 0 Å². The van der Waals surface area contributed by atoms with Crippen LogP contribution in [0.1, 0.15) is 46.4 Å². The molecule has 0 aromatic heterocycles. The summed E-state index contributed by atoms with van der Waals surface area (Å²) >= 11 is 3.30. The lowest BCUT2D eigenvalue weighted by atomic mass is 9.81. The molecule has 6 nitrogen and oxygen atoms in total. The van der Waals surface area contributed by atoms with Crippen LogP contribution in [0, 0.1) is 11.8 Å². The van der Waals surface area contributed by atoms with E-state index in [1.54, 1.807) is 36.4 Å². The van der Waals surface area contributed by atoms with E-state index < -0.39 is 5.97 Å². The number of amides is 2. The molecule has 0 bridgehead atoms. The van der Waals surface area contributed by atoms with Crippen LogP contribution in [0.5, 0.6) is 0 Å². The second kappa shape index (κ2) is 8.52. The Morgan fingerprint density at radius 3 is 1.97 bits per heavy atom. The van der Waals surface area contributed by atoms with E-state index in [-0.39, 0.29) is 41.6 Å². The number of ether oxygens (including phenoxy) is 1. The molecule has 2 atom stereocenters. The van der Waals surface area contributed by atoms with Gasteiger partial charge in [-0.3, -0.25) is 19.3 Å². The van der Waals surface area contributed by atoms with E-state index >= 15 is 0 Å². The normalized spacial score (nSPS) is 20.8. The molecular weight excluding hydrogens is 450 g/mol. The smallest absolute Gasteiger partial charge is 0.338 e. The highest BCUT2D eigenvalue weighted by molar-refractivity contribution is 9.10. The first-order chi connectivity index (χ1) is 14.5. The van der Waals surface area contributed by atoms with E-state index in [0.717, 1.165) is 30.2 Å². The number of benzene rings is 2. The number of carbonyl (C=O) groups excluding carboxylic acids is 4. The molecule has 7 heteroatoms. The molecule has 0 N–H and O–H groups in total. The molecular formula is C23H20BrNO5. The fourth-order valence-corrected chi connectivity index (χ4v) is 4.36. The van der Waals surface area contributed by atoms with Gasteiger partial charge in [0.15, 0.2) is 12.4 Å². The van der Waals surface area contributed by atoms with E-state index in [1.165, 1.54) is 17.0 Å². The second-order valence-electron chi connectivity index (χ2n) is 7.56. The van der Waals surface area contributed by atoms with Crippen LogP contribution in [0.2, 0.25) is 0 Å². The second-order valence-corrected chi connectivity index (χ2v) is 8.48. The quantitative estimate of drug-likeness (QED) is 0.372. The Bertz CT molecular complexity index is 975. The predicted molar refractivity (Wildman–Crippen MR) is 113 cm³/mol. The van der Waals surface area contributed by atoms with Crippen LogP contribution in [0.4, 0.5) is 5.69 Å². The third kappa shape index (κ3) is 3.94. The Balaban J connectivity index is 1.40. The maximum Gasteiger partial charge on any atom is 0.338 e. The molecule has 0 unspecified atom stereocenters. The molecule has 0 radical (unpaired) electrons. The molecule has 1 aliphatic heterocycles. The van der Waals surface area contributed by atoms with Crippen LogP contribution in [0.25, 0.3) is 0 Å². The van der Waals surface area contributed by atoms with Crippen molar-refractivity contribution in [3.63, 3.8) is 0 Å². The highest BCUT2D eigenvalue weighted by Crippen LogP contribution is 2.40. The first-order valence-electron chi connectivity index (χ1n) is 9.89. The van der Waals surface area contributed by atoms with Crippen LogP contribution >= 0.6 is 15.9 Å². The van der Waals surface area contributed by atoms with Gasteiger partial charge in [0.1, 0.15) is 0 Å². The van der Waals surface area contributed by atoms with Crippen molar-refractivity contribution in [3.8, 4) is 0 Å². The van der Waals surface area contributed by atoms with E-state index in [4.69, 9.17) is 4.74 Å². The first-order valence-corrected chi connectivity index (χ1v) is 10.7. The van der Waals surface area contributed by atoms with E-state index in [0.29, 0.717) is 11.3 Å². The summed E-state index contributed by atoms with van der Waals surface area (Å²) in [6, 6.07) is 12.9. The summed E-state index contributed by atoms with van der Waals surface area (Å²) in [6.45, 7) is -0.366. The molecule has 1 aliphatic carbocycles. The minimum Gasteiger partial charge on any atom is -0.454 e. The summed E-state index contributed by atoms with van der Waals surface area (Å²) in [5, 5.41) is 0. The molecule has 4 rings (SSSR count). The largest absolute Gasteiger partial charge is 0.454 e. The number of imide groups is 1. The zero-order valence-corrected chi connectivity index (χ0v) is 17.8. The molecule has 1 saturated heterocycles. The van der Waals surface area contributed by atoms with Crippen LogP contribution < -0.4 is 4.90 Å². The number of fused-ring (bicyclic) bond motifs is 1. The Morgan fingerprint density at radius 1 is 0.867 bits per heavy atom. The summed E-state index contributed by atoms with van der Waals surface area (Å²) in [6.07, 6.45) is 3.45. The number of hydrogen-bond acceptors (Lipinski definition) is 5. The molecule has 30 heavy (non-hydrogen) atoms. The maximum atomic E-state index is 12.7. The molecule has 2 aromatic carbocycles. The average Bonchev–Trinajstić information content (AvgIpc) is 3.03. The van der Waals surface area contributed by atoms with Gasteiger partial charge in [0, 0.05) is 10.0 Å². The predicted octanol–water partition coefficient (Wildman–Crippen LogP) is 4.17. The van der Waals surface area contributed by atoms with Gasteiger partial charge in [0.2, 0.25) is 11.8 Å². The number of Topliss-reactive ketones (excluding diaryl/α,β-unsaturated/α-hetero) is 1. The summed E-state index contributed by atoms with van der Waals surface area (Å²) in [5.41, 5.74) is 1.16. The number of rotatable bonds is 5. The number of carbonyl (C=O) groups is 4. The van der Waals surface area contributed by atoms with Crippen molar-refractivity contribution in [2.24, 2.45) is 11.8 Å². The van der Waals surface area contributed by atoms with Crippen LogP contribution in [0.15, 0.2) is 53.0 Å². The van der Waals surface area contributed by atoms with Gasteiger partial charge in [0.05, 0.1) is 23.1 Å². The molecule has 2 aliphatic rings. The van der Waals surface area contributed by atoms with Gasteiger partial charge in [-0.25, -0.2) is 4.79 Å². The minimum atomic E-state index is -0.639. The van der Waals surface area contributed by atoms with Gasteiger partial charge < -0.3 is 4.74 Å². The third-order valence-corrected chi connectivity index (χ3v) is 6.23. The van der Waals surface area contributed by atoms with Crippen molar-refractivity contribution in [2.75, 3.05) is 11.5 Å². The molecule has 1 heterocycles. The lowest BCUT2D eigenvalue weighted by molar-refractivity contribution is -0.122. The Kier molecular flexibility index (Phi) is 5.81. The summed E-state index contributed by atoms with van der Waals surface area (Å²) in [5.74, 6) is -1.69. The Hall–Kier alpha value is -2.80. The third-order valence-electron chi connectivity index (χ3n) is 5.70. The summed E-state index contributed by atoms with van der Waals surface area (Å²) < 4.78 is 5.96. The molecule has 2 fully saturated rings. The fourth-order valence-electron chi connectivity index (χ4n) is 4.10. The Morgan fingerprint density at radius 2 is 1.40 bits per heavy atom. The van der Waals surface area contributed by atoms with Crippen molar-refractivity contribution in [1.29, 1.82) is 0 Å². The molecule has 2 aromatic rings. The van der Waals surface area contributed by atoms with Crippen molar-refractivity contribution in [2.45, 2.75) is 25.7 Å². The number of esters is 1. The Labute approximate surface area is 182 Å². The minimum absolute atomic E-state index is 0.153. The number of halogens is 1. The summed E-state index contributed by atoms with van der Waals surface area (Å²) in [7, 11) is 0. The van der Waals surface area contributed by atoms with Gasteiger partial charge in [-0.2, -0.15) is 0 Å². The highest BCUT2D eigenvalue weighted by atomic mass is 79.9. The van der Waals surface area contributed by atoms with Crippen LogP contribution in [-0.2, 0) is 14.3 Å². The van der Waals surface area contributed by atoms with Gasteiger partial charge in [-0.15, -0.1) is 0 Å². The van der Waals surface area contributed by atoms with Crippen LogP contribution in [-0.4, -0.2) is 30.2 Å². The van der Waals surface area contributed by atoms with E-state index in [9.17, 15) is 19.2 Å². The molecule has 154 valence electrons. The first kappa shape index (κ1) is 20.5. The molecule has 1 saturated carbocycles. The summed E-state index contributed by atoms with van der Waals surface area (Å²) in [4.78, 5) is 51.0. The fraction of sp³-hybridized carbons (Fsp3) is 0.304. The van der Waals surface area contributed by atoms with E-state index in [1.807, 2.05) is 0 Å². The maximum absolute atomic E-state index is 12.7. The van der Waals surface area contributed by atoms with E-state index in [2.05, 4.69) is 15.9 Å². The lowest BCUT2D eigenvalue weighted by Crippen LogP contribution is -2.30. The van der Waals surface area contributed by atoms with Gasteiger partial charge in [0.25, 0.3) is 0 Å².